The van der Waals surface area contributed by atoms with Crippen molar-refractivity contribution < 1.29 is 4.74 Å². The van der Waals surface area contributed by atoms with E-state index in [1.807, 2.05) is 25.3 Å². The highest BCUT2D eigenvalue weighted by molar-refractivity contribution is 7.21. The first-order valence-corrected chi connectivity index (χ1v) is 14.0. The normalized spacial score (nSPS) is 21.3. The fraction of sp³-hybridized carbons (Fsp3) is 0.429. The molecule has 37 heavy (non-hydrogen) atoms. The molecule has 1 saturated carbocycles. The van der Waals surface area contributed by atoms with Gasteiger partial charge in [0.15, 0.2) is 0 Å². The molecule has 2 bridgehead atoms. The van der Waals surface area contributed by atoms with E-state index in [9.17, 15) is 0 Å². The summed E-state index contributed by atoms with van der Waals surface area (Å²) in [5, 5.41) is 4.40. The molecule has 2 saturated heterocycles. The Kier molecular flexibility index (Phi) is 5.79. The predicted octanol–water partition coefficient (Wildman–Crippen LogP) is 5.16. The molecule has 2 atom stereocenters. The van der Waals surface area contributed by atoms with Gasteiger partial charge in [-0.25, -0.2) is 15.0 Å². The van der Waals surface area contributed by atoms with E-state index in [0.717, 1.165) is 63.7 Å². The maximum Gasteiger partial charge on any atom is 0.227 e. The zero-order valence-electron chi connectivity index (χ0n) is 21.2. The van der Waals surface area contributed by atoms with Crippen LogP contribution in [0.1, 0.15) is 37.4 Å². The average molecular weight is 514 g/mol. The smallest absolute Gasteiger partial charge is 0.227 e. The Morgan fingerprint density at radius 2 is 1.97 bits per heavy atom. The third-order valence-electron chi connectivity index (χ3n) is 7.58. The van der Waals surface area contributed by atoms with Gasteiger partial charge in [-0.2, -0.15) is 4.98 Å². The number of nitrogens with zero attached hydrogens (tertiary/aromatic N) is 6. The van der Waals surface area contributed by atoms with E-state index in [0.29, 0.717) is 24.8 Å². The minimum absolute atomic E-state index is 0.453. The van der Waals surface area contributed by atoms with Crippen molar-refractivity contribution >= 4 is 39.1 Å². The number of aryl methyl sites for hydroxylation is 1. The van der Waals surface area contributed by atoms with E-state index in [1.54, 1.807) is 11.3 Å². The zero-order chi connectivity index (χ0) is 24.9. The van der Waals surface area contributed by atoms with Crippen LogP contribution < -0.4 is 10.2 Å². The third-order valence-corrected chi connectivity index (χ3v) is 8.63. The number of fused-ring (bicyclic) bond motifs is 3. The molecular weight excluding hydrogens is 482 g/mol. The highest BCUT2D eigenvalue weighted by Crippen LogP contribution is 2.34. The summed E-state index contributed by atoms with van der Waals surface area (Å²) >= 11 is 1.66. The van der Waals surface area contributed by atoms with Crippen LogP contribution in [0.15, 0.2) is 42.6 Å². The zero-order valence-corrected chi connectivity index (χ0v) is 22.0. The lowest BCUT2D eigenvalue weighted by Gasteiger charge is -2.33. The number of hydrogen-bond donors (Lipinski definition) is 1. The van der Waals surface area contributed by atoms with Crippen LogP contribution in [0.2, 0.25) is 0 Å². The maximum atomic E-state index is 5.88. The molecule has 190 valence electrons. The average Bonchev–Trinajstić information content (AvgIpc) is 3.30. The number of thiazole rings is 1. The summed E-state index contributed by atoms with van der Waals surface area (Å²) < 4.78 is 6.95. The second-order valence-electron chi connectivity index (χ2n) is 10.4. The molecule has 7 rings (SSSR count). The SMILES string of the molecule is CCN1C[C@@H]2C[C@H]1CN2c1nc(C)cc(Nc2cc3nc(-c4cccc(COC5CC5)c4)sc3cn2)n1. The minimum atomic E-state index is 0.453. The summed E-state index contributed by atoms with van der Waals surface area (Å²) in [5.41, 5.74) is 4.18. The van der Waals surface area contributed by atoms with Gasteiger partial charge >= 0.3 is 0 Å². The molecule has 0 amide bonds. The lowest BCUT2D eigenvalue weighted by atomic mass is 10.1. The molecule has 0 unspecified atom stereocenters. The summed E-state index contributed by atoms with van der Waals surface area (Å²) in [5.74, 6) is 2.32. The summed E-state index contributed by atoms with van der Waals surface area (Å²) in [7, 11) is 0. The van der Waals surface area contributed by atoms with E-state index in [4.69, 9.17) is 19.7 Å². The van der Waals surface area contributed by atoms with Crippen LogP contribution in [-0.2, 0) is 11.3 Å². The third kappa shape index (κ3) is 4.67. The lowest BCUT2D eigenvalue weighted by Crippen LogP contribution is -2.46. The van der Waals surface area contributed by atoms with Gasteiger partial charge in [-0.05, 0) is 44.4 Å². The van der Waals surface area contributed by atoms with Gasteiger partial charge in [0.2, 0.25) is 5.95 Å². The van der Waals surface area contributed by atoms with Crippen molar-refractivity contribution in [3.05, 3.63) is 53.9 Å². The molecule has 0 radical (unpaired) electrons. The van der Waals surface area contributed by atoms with Crippen molar-refractivity contribution in [1.29, 1.82) is 0 Å². The van der Waals surface area contributed by atoms with E-state index < -0.39 is 0 Å². The summed E-state index contributed by atoms with van der Waals surface area (Å²) in [4.78, 5) is 24.2. The molecular formula is C28H31N7OS. The monoisotopic (exact) mass is 513 g/mol. The van der Waals surface area contributed by atoms with Gasteiger partial charge in [0.1, 0.15) is 16.6 Å². The van der Waals surface area contributed by atoms with Gasteiger partial charge in [0.05, 0.1) is 22.9 Å². The van der Waals surface area contributed by atoms with Crippen LogP contribution in [0.25, 0.3) is 20.8 Å². The van der Waals surface area contributed by atoms with Crippen molar-refractivity contribution in [2.45, 2.75) is 57.9 Å². The number of nitrogens with one attached hydrogen (secondary N) is 1. The van der Waals surface area contributed by atoms with Crippen LogP contribution in [-0.4, -0.2) is 62.7 Å². The molecule has 3 fully saturated rings. The van der Waals surface area contributed by atoms with Crippen molar-refractivity contribution in [2.75, 3.05) is 29.9 Å². The second kappa shape index (κ2) is 9.31. The molecule has 1 aliphatic carbocycles. The Labute approximate surface area is 220 Å². The number of likely N-dealkylation sites (tertiary alicyclic amines) is 1. The molecule has 0 spiro atoms. The predicted molar refractivity (Wildman–Crippen MR) is 147 cm³/mol. The number of likely N-dealkylation sites (N-methyl/N-ethyl adjacent to an activating group) is 1. The molecule has 8 nitrogen and oxygen atoms in total. The van der Waals surface area contributed by atoms with Crippen LogP contribution in [0.3, 0.4) is 0 Å². The van der Waals surface area contributed by atoms with Crippen molar-refractivity contribution in [2.24, 2.45) is 0 Å². The summed E-state index contributed by atoms with van der Waals surface area (Å²) in [6.07, 6.45) is 5.93. The topological polar surface area (TPSA) is 79.3 Å². The first-order valence-electron chi connectivity index (χ1n) is 13.2. The van der Waals surface area contributed by atoms with E-state index in [-0.39, 0.29) is 0 Å². The maximum absolute atomic E-state index is 5.88. The number of aromatic nitrogens is 4. The standard InChI is InChI=1S/C28H31N7OS/c1-3-34-14-21-11-20(34)15-35(21)28-30-17(2)9-26(33-28)32-25-12-23-24(13-29-25)37-27(31-23)19-6-4-5-18(10-19)16-36-22-7-8-22/h4-6,9-10,12-13,20-22H,3,7-8,11,14-16H2,1-2H3,(H,29,30,32,33)/t20-,21-/m0/s1. The highest BCUT2D eigenvalue weighted by atomic mass is 32.1. The van der Waals surface area contributed by atoms with Crippen LogP contribution in [0.5, 0.6) is 0 Å². The van der Waals surface area contributed by atoms with Gasteiger partial charge in [-0.15, -0.1) is 11.3 Å². The quantitative estimate of drug-likeness (QED) is 0.346. The lowest BCUT2D eigenvalue weighted by molar-refractivity contribution is 0.106. The molecule has 3 aromatic heterocycles. The second-order valence-corrected chi connectivity index (χ2v) is 11.4. The van der Waals surface area contributed by atoms with E-state index >= 15 is 0 Å². The fourth-order valence-electron chi connectivity index (χ4n) is 5.53. The van der Waals surface area contributed by atoms with Crippen LogP contribution >= 0.6 is 11.3 Å². The number of ether oxygens (including phenoxy) is 1. The summed E-state index contributed by atoms with van der Waals surface area (Å²) in [6, 6.07) is 13.6. The van der Waals surface area contributed by atoms with Gasteiger partial charge in [0, 0.05) is 54.8 Å². The molecule has 5 heterocycles. The number of anilines is 3. The Balaban J connectivity index is 1.10. The highest BCUT2D eigenvalue weighted by Gasteiger charge is 2.43. The van der Waals surface area contributed by atoms with Crippen LogP contribution in [0.4, 0.5) is 17.6 Å². The number of piperazine rings is 1. The Morgan fingerprint density at radius 1 is 1.05 bits per heavy atom. The minimum Gasteiger partial charge on any atom is -0.374 e. The number of pyridine rings is 1. The fourth-order valence-corrected chi connectivity index (χ4v) is 6.44. The molecule has 9 heteroatoms. The number of benzene rings is 1. The first kappa shape index (κ1) is 23.0. The molecule has 4 aromatic rings. The number of hydrogen-bond acceptors (Lipinski definition) is 9. The van der Waals surface area contributed by atoms with Gasteiger partial charge in [-0.3, -0.25) is 4.90 Å². The van der Waals surface area contributed by atoms with E-state index in [1.165, 1.54) is 24.8 Å². The van der Waals surface area contributed by atoms with E-state index in [2.05, 4.69) is 51.3 Å². The Morgan fingerprint density at radius 3 is 2.78 bits per heavy atom. The largest absolute Gasteiger partial charge is 0.374 e. The van der Waals surface area contributed by atoms with Gasteiger partial charge in [0.25, 0.3) is 0 Å². The Bertz CT molecular complexity index is 1450. The van der Waals surface area contributed by atoms with Crippen LogP contribution in [0, 0.1) is 6.92 Å². The summed E-state index contributed by atoms with van der Waals surface area (Å²) in [6.45, 7) is 8.14. The molecule has 1 N–H and O–H groups in total. The Hall–Kier alpha value is -3.14. The van der Waals surface area contributed by atoms with Crippen molar-refractivity contribution in [3.63, 3.8) is 0 Å². The first-order chi connectivity index (χ1) is 18.1. The van der Waals surface area contributed by atoms with Gasteiger partial charge in [-0.1, -0.05) is 25.1 Å². The van der Waals surface area contributed by atoms with Crippen molar-refractivity contribution in [1.82, 2.24) is 24.8 Å². The van der Waals surface area contributed by atoms with Crippen molar-refractivity contribution in [3.8, 4) is 10.6 Å². The number of rotatable bonds is 8. The molecule has 2 aliphatic heterocycles. The molecule has 1 aromatic carbocycles. The molecule has 3 aliphatic rings. The van der Waals surface area contributed by atoms with Gasteiger partial charge < -0.3 is 15.0 Å².